The molecule has 2 heterocycles. The Balaban J connectivity index is 1.30. The smallest absolute Gasteiger partial charge is 0.226 e. The fourth-order valence-corrected chi connectivity index (χ4v) is 6.00. The molecule has 29 heavy (non-hydrogen) atoms. The van der Waals surface area contributed by atoms with Gasteiger partial charge in [-0.3, -0.25) is 4.79 Å². The maximum absolute atomic E-state index is 13.5. The minimum absolute atomic E-state index is 0.0904. The lowest BCUT2D eigenvalue weighted by Gasteiger charge is -2.39. The number of hydrogen-bond donors (Lipinski definition) is 0. The van der Waals surface area contributed by atoms with E-state index in [2.05, 4.69) is 58.3 Å². The number of carbonyl (C=O) groups excluding carboxylic acids is 1. The van der Waals surface area contributed by atoms with Gasteiger partial charge in [0.25, 0.3) is 0 Å². The summed E-state index contributed by atoms with van der Waals surface area (Å²) in [7, 11) is 0. The minimum Gasteiger partial charge on any atom is -0.368 e. The van der Waals surface area contributed by atoms with Gasteiger partial charge in [0.05, 0.1) is 15.2 Å². The van der Waals surface area contributed by atoms with Crippen LogP contribution in [0.4, 0.5) is 5.69 Å². The molecule has 2 atom stereocenters. The quantitative estimate of drug-likeness (QED) is 0.621. The van der Waals surface area contributed by atoms with Gasteiger partial charge in [-0.15, -0.1) is 11.3 Å². The number of nitrogens with zero attached hydrogens (tertiary/aromatic N) is 3. The maximum atomic E-state index is 13.5. The number of rotatable bonds is 3. The third-order valence-electron chi connectivity index (χ3n) is 6.42. The lowest BCUT2D eigenvalue weighted by Crippen LogP contribution is -2.51. The van der Waals surface area contributed by atoms with Gasteiger partial charge in [0.15, 0.2) is 0 Å². The van der Waals surface area contributed by atoms with Gasteiger partial charge in [-0.05, 0) is 37.1 Å². The van der Waals surface area contributed by atoms with E-state index < -0.39 is 0 Å². The molecule has 1 aromatic heterocycles. The van der Waals surface area contributed by atoms with Crippen molar-refractivity contribution in [2.45, 2.75) is 31.6 Å². The van der Waals surface area contributed by atoms with Gasteiger partial charge in [-0.1, -0.05) is 43.2 Å². The minimum atomic E-state index is 0.0904. The lowest BCUT2D eigenvalue weighted by atomic mass is 9.78. The molecule has 0 unspecified atom stereocenters. The summed E-state index contributed by atoms with van der Waals surface area (Å²) in [5, 5.41) is 1.16. The van der Waals surface area contributed by atoms with Crippen LogP contribution in [0.3, 0.4) is 0 Å². The highest BCUT2D eigenvalue weighted by atomic mass is 32.1. The van der Waals surface area contributed by atoms with Crippen molar-refractivity contribution in [2.24, 2.45) is 5.92 Å². The molecule has 5 heteroatoms. The molecule has 3 aromatic rings. The monoisotopic (exact) mass is 405 g/mol. The predicted molar refractivity (Wildman–Crippen MR) is 120 cm³/mol. The first-order valence-electron chi connectivity index (χ1n) is 10.7. The summed E-state index contributed by atoms with van der Waals surface area (Å²) < 4.78 is 1.23. The Morgan fingerprint density at radius 3 is 2.41 bits per heavy atom. The third-order valence-corrected chi connectivity index (χ3v) is 7.59. The third kappa shape index (κ3) is 3.76. The van der Waals surface area contributed by atoms with Crippen molar-refractivity contribution in [3.63, 3.8) is 0 Å². The van der Waals surface area contributed by atoms with Crippen molar-refractivity contribution >= 4 is 33.1 Å². The first-order valence-corrected chi connectivity index (χ1v) is 11.6. The molecule has 2 aliphatic rings. The summed E-state index contributed by atoms with van der Waals surface area (Å²) in [6.45, 7) is 3.45. The molecule has 0 bridgehead atoms. The molecule has 1 saturated carbocycles. The SMILES string of the molecule is O=C([C@@H]1CCCC[C@H]1c1nc2ccccc2s1)N1CCN(c2ccccc2)CC1. The summed E-state index contributed by atoms with van der Waals surface area (Å²) in [6, 6.07) is 18.9. The van der Waals surface area contributed by atoms with Crippen LogP contribution in [0.25, 0.3) is 10.2 Å². The molecule has 1 aliphatic carbocycles. The number of fused-ring (bicyclic) bond motifs is 1. The van der Waals surface area contributed by atoms with Gasteiger partial charge in [0.1, 0.15) is 0 Å². The summed E-state index contributed by atoms with van der Waals surface area (Å²) in [6.07, 6.45) is 4.44. The van der Waals surface area contributed by atoms with Gasteiger partial charge in [-0.25, -0.2) is 4.98 Å². The zero-order valence-corrected chi connectivity index (χ0v) is 17.5. The van der Waals surface area contributed by atoms with Crippen molar-refractivity contribution in [2.75, 3.05) is 31.1 Å². The van der Waals surface area contributed by atoms with E-state index in [1.165, 1.54) is 16.8 Å². The number of para-hydroxylation sites is 2. The van der Waals surface area contributed by atoms with E-state index in [0.717, 1.165) is 56.0 Å². The second-order valence-electron chi connectivity index (χ2n) is 8.17. The molecule has 5 rings (SSSR count). The molecular formula is C24H27N3OS. The molecule has 1 amide bonds. The maximum Gasteiger partial charge on any atom is 0.226 e. The van der Waals surface area contributed by atoms with Crippen LogP contribution in [0.15, 0.2) is 54.6 Å². The van der Waals surface area contributed by atoms with Gasteiger partial charge in [-0.2, -0.15) is 0 Å². The van der Waals surface area contributed by atoms with Crippen molar-refractivity contribution in [3.8, 4) is 0 Å². The van der Waals surface area contributed by atoms with E-state index >= 15 is 0 Å². The van der Waals surface area contributed by atoms with E-state index in [4.69, 9.17) is 4.98 Å². The van der Waals surface area contributed by atoms with Crippen molar-refractivity contribution in [1.82, 2.24) is 9.88 Å². The first-order chi connectivity index (χ1) is 14.3. The van der Waals surface area contributed by atoms with Gasteiger partial charge in [0.2, 0.25) is 5.91 Å². The number of carbonyl (C=O) groups is 1. The standard InChI is InChI=1S/C24H27N3OS/c28-24(27-16-14-26(15-17-27)18-8-2-1-3-9-18)20-11-5-4-10-19(20)23-25-21-12-6-7-13-22(21)29-23/h1-3,6-9,12-13,19-20H,4-5,10-11,14-17H2/t19-,20-/m1/s1. The van der Waals surface area contributed by atoms with Crippen LogP contribution in [-0.2, 0) is 4.79 Å². The normalized spacial score (nSPS) is 22.8. The highest BCUT2D eigenvalue weighted by Crippen LogP contribution is 2.41. The highest BCUT2D eigenvalue weighted by Gasteiger charge is 2.37. The number of piperazine rings is 1. The second-order valence-corrected chi connectivity index (χ2v) is 9.23. The highest BCUT2D eigenvalue weighted by molar-refractivity contribution is 7.18. The van der Waals surface area contributed by atoms with Crippen LogP contribution in [0.5, 0.6) is 0 Å². The zero-order valence-electron chi connectivity index (χ0n) is 16.7. The fourth-order valence-electron chi connectivity index (χ4n) is 4.83. The zero-order chi connectivity index (χ0) is 19.6. The Morgan fingerprint density at radius 1 is 0.897 bits per heavy atom. The number of aromatic nitrogens is 1. The Bertz CT molecular complexity index is 945. The molecule has 0 N–H and O–H groups in total. The van der Waals surface area contributed by atoms with Crippen LogP contribution in [0.2, 0.25) is 0 Å². The van der Waals surface area contributed by atoms with Crippen LogP contribution < -0.4 is 4.90 Å². The van der Waals surface area contributed by atoms with E-state index in [9.17, 15) is 4.79 Å². The van der Waals surface area contributed by atoms with Gasteiger partial charge in [0, 0.05) is 43.7 Å². The largest absolute Gasteiger partial charge is 0.368 e. The Morgan fingerprint density at radius 2 is 1.62 bits per heavy atom. The van der Waals surface area contributed by atoms with Gasteiger partial charge < -0.3 is 9.80 Å². The summed E-state index contributed by atoms with van der Waals surface area (Å²) in [4.78, 5) is 22.9. The van der Waals surface area contributed by atoms with E-state index in [1.807, 2.05) is 6.07 Å². The molecule has 2 aromatic carbocycles. The van der Waals surface area contributed by atoms with Crippen LogP contribution in [-0.4, -0.2) is 42.0 Å². The van der Waals surface area contributed by atoms with Crippen molar-refractivity contribution in [3.05, 3.63) is 59.6 Å². The number of anilines is 1. The topological polar surface area (TPSA) is 36.4 Å². The fraction of sp³-hybridized carbons (Fsp3) is 0.417. The Hall–Kier alpha value is -2.40. The van der Waals surface area contributed by atoms with Crippen LogP contribution >= 0.6 is 11.3 Å². The number of benzene rings is 2. The molecule has 2 fully saturated rings. The first kappa shape index (κ1) is 18.6. The summed E-state index contributed by atoms with van der Waals surface area (Å²) in [5.74, 6) is 0.718. The van der Waals surface area contributed by atoms with Crippen LogP contribution in [0, 0.1) is 5.92 Å². The second kappa shape index (κ2) is 8.15. The molecule has 1 aliphatic heterocycles. The number of thiazole rings is 1. The van der Waals surface area contributed by atoms with E-state index in [1.54, 1.807) is 11.3 Å². The number of hydrogen-bond acceptors (Lipinski definition) is 4. The Kier molecular flexibility index (Phi) is 5.23. The average Bonchev–Trinajstić information content (AvgIpc) is 3.23. The summed E-state index contributed by atoms with van der Waals surface area (Å²) >= 11 is 1.78. The molecule has 4 nitrogen and oxygen atoms in total. The van der Waals surface area contributed by atoms with E-state index in [-0.39, 0.29) is 11.8 Å². The summed E-state index contributed by atoms with van der Waals surface area (Å²) in [5.41, 5.74) is 2.32. The van der Waals surface area contributed by atoms with Crippen LogP contribution in [0.1, 0.15) is 36.6 Å². The number of amides is 1. The molecule has 0 radical (unpaired) electrons. The molecular weight excluding hydrogens is 378 g/mol. The Labute approximate surface area is 176 Å². The molecule has 150 valence electrons. The average molecular weight is 406 g/mol. The van der Waals surface area contributed by atoms with Crippen molar-refractivity contribution < 1.29 is 4.79 Å². The molecule has 0 spiro atoms. The van der Waals surface area contributed by atoms with Crippen molar-refractivity contribution in [1.29, 1.82) is 0 Å². The van der Waals surface area contributed by atoms with E-state index in [0.29, 0.717) is 5.91 Å². The lowest BCUT2D eigenvalue weighted by molar-refractivity contribution is -0.137. The van der Waals surface area contributed by atoms with Gasteiger partial charge >= 0.3 is 0 Å². The molecule has 1 saturated heterocycles. The predicted octanol–water partition coefficient (Wildman–Crippen LogP) is 4.92.